The van der Waals surface area contributed by atoms with Gasteiger partial charge in [0, 0.05) is 12.7 Å². The van der Waals surface area contributed by atoms with Crippen molar-refractivity contribution in [2.45, 2.75) is 26.9 Å². The van der Waals surface area contributed by atoms with E-state index in [1.807, 2.05) is 38.2 Å². The van der Waals surface area contributed by atoms with Crippen molar-refractivity contribution in [2.24, 2.45) is 0 Å². The summed E-state index contributed by atoms with van der Waals surface area (Å²) >= 11 is 0. The smallest absolute Gasteiger partial charge is 0.241 e. The van der Waals surface area contributed by atoms with Crippen molar-refractivity contribution in [3.05, 3.63) is 53.3 Å². The van der Waals surface area contributed by atoms with Gasteiger partial charge < -0.3 is 5.32 Å². The second-order valence-corrected chi connectivity index (χ2v) is 4.48. The number of aryl methyl sites for hydroxylation is 2. The van der Waals surface area contributed by atoms with Gasteiger partial charge in [0.1, 0.15) is 6.54 Å². The number of nitrogens with one attached hydrogen (secondary N) is 1. The first-order valence-corrected chi connectivity index (χ1v) is 5.95. The molecule has 2 rings (SSSR count). The van der Waals surface area contributed by atoms with E-state index in [9.17, 15) is 4.79 Å². The molecule has 2 aromatic rings. The third kappa shape index (κ3) is 3.45. The lowest BCUT2D eigenvalue weighted by Gasteiger charge is -2.06. The SMILES string of the molecule is Cc1cccc(CNC(=O)Cn2cc(C)cn2)c1. The predicted octanol–water partition coefficient (Wildman–Crippen LogP) is 1.82. The molecule has 1 N–H and O–H groups in total. The zero-order chi connectivity index (χ0) is 13.0. The van der Waals surface area contributed by atoms with Crippen LogP contribution in [0, 0.1) is 13.8 Å². The number of hydrogen-bond acceptors (Lipinski definition) is 2. The van der Waals surface area contributed by atoms with Crippen LogP contribution in [0.3, 0.4) is 0 Å². The summed E-state index contributed by atoms with van der Waals surface area (Å²) in [7, 11) is 0. The van der Waals surface area contributed by atoms with Crippen LogP contribution in [-0.4, -0.2) is 15.7 Å². The van der Waals surface area contributed by atoms with E-state index in [-0.39, 0.29) is 12.5 Å². The van der Waals surface area contributed by atoms with Gasteiger partial charge in [0.25, 0.3) is 0 Å². The highest BCUT2D eigenvalue weighted by Gasteiger charge is 2.03. The lowest BCUT2D eigenvalue weighted by Crippen LogP contribution is -2.27. The van der Waals surface area contributed by atoms with E-state index in [1.54, 1.807) is 10.9 Å². The molecule has 18 heavy (non-hydrogen) atoms. The molecule has 4 heteroatoms. The number of aromatic nitrogens is 2. The molecule has 0 aliphatic rings. The molecule has 94 valence electrons. The molecular formula is C14H17N3O. The third-order valence-electron chi connectivity index (χ3n) is 2.64. The minimum atomic E-state index is -0.0281. The molecule has 1 aromatic heterocycles. The molecule has 1 amide bonds. The molecule has 0 atom stereocenters. The summed E-state index contributed by atoms with van der Waals surface area (Å²) in [6.45, 7) is 4.81. The van der Waals surface area contributed by atoms with Crippen molar-refractivity contribution in [3.63, 3.8) is 0 Å². The van der Waals surface area contributed by atoms with Crippen LogP contribution in [0.1, 0.15) is 16.7 Å². The number of hydrogen-bond donors (Lipinski definition) is 1. The van der Waals surface area contributed by atoms with Crippen molar-refractivity contribution in [2.75, 3.05) is 0 Å². The summed E-state index contributed by atoms with van der Waals surface area (Å²) in [6, 6.07) is 8.11. The molecule has 0 radical (unpaired) electrons. The molecule has 0 fully saturated rings. The minimum Gasteiger partial charge on any atom is -0.350 e. The van der Waals surface area contributed by atoms with Crippen LogP contribution in [-0.2, 0) is 17.9 Å². The summed E-state index contributed by atoms with van der Waals surface area (Å²) in [5, 5.41) is 6.96. The van der Waals surface area contributed by atoms with E-state index in [0.717, 1.165) is 11.1 Å². The fourth-order valence-corrected chi connectivity index (χ4v) is 1.78. The topological polar surface area (TPSA) is 46.9 Å². The maximum Gasteiger partial charge on any atom is 0.241 e. The molecule has 0 saturated carbocycles. The molecule has 1 aromatic carbocycles. The van der Waals surface area contributed by atoms with Gasteiger partial charge in [0.2, 0.25) is 5.91 Å². The summed E-state index contributed by atoms with van der Waals surface area (Å²) in [5.74, 6) is -0.0281. The standard InChI is InChI=1S/C14H17N3O/c1-11-4-3-5-13(6-11)8-15-14(18)10-17-9-12(2)7-16-17/h3-7,9H,8,10H2,1-2H3,(H,15,18). The number of carbonyl (C=O) groups excluding carboxylic acids is 1. The van der Waals surface area contributed by atoms with E-state index in [1.165, 1.54) is 5.56 Å². The van der Waals surface area contributed by atoms with E-state index in [0.29, 0.717) is 6.54 Å². The fourth-order valence-electron chi connectivity index (χ4n) is 1.78. The van der Waals surface area contributed by atoms with Gasteiger partial charge in [-0.2, -0.15) is 5.10 Å². The second-order valence-electron chi connectivity index (χ2n) is 4.48. The normalized spacial score (nSPS) is 10.3. The second kappa shape index (κ2) is 5.49. The Balaban J connectivity index is 1.85. The lowest BCUT2D eigenvalue weighted by molar-refractivity contribution is -0.122. The van der Waals surface area contributed by atoms with Crippen molar-refractivity contribution >= 4 is 5.91 Å². The highest BCUT2D eigenvalue weighted by atomic mass is 16.2. The van der Waals surface area contributed by atoms with Gasteiger partial charge in [-0.1, -0.05) is 29.8 Å². The maximum atomic E-state index is 11.7. The van der Waals surface area contributed by atoms with E-state index in [4.69, 9.17) is 0 Å². The Hall–Kier alpha value is -2.10. The first-order chi connectivity index (χ1) is 8.63. The van der Waals surface area contributed by atoms with E-state index >= 15 is 0 Å². The zero-order valence-electron chi connectivity index (χ0n) is 10.7. The molecule has 1 heterocycles. The minimum absolute atomic E-state index is 0.0281. The van der Waals surface area contributed by atoms with Gasteiger partial charge in [-0.15, -0.1) is 0 Å². The lowest BCUT2D eigenvalue weighted by atomic mass is 10.1. The Bertz CT molecular complexity index is 545. The highest BCUT2D eigenvalue weighted by Crippen LogP contribution is 2.03. The van der Waals surface area contributed by atoms with Crippen molar-refractivity contribution in [1.29, 1.82) is 0 Å². The van der Waals surface area contributed by atoms with Crippen LogP contribution in [0.4, 0.5) is 0 Å². The van der Waals surface area contributed by atoms with Crippen LogP contribution < -0.4 is 5.32 Å². The first-order valence-electron chi connectivity index (χ1n) is 5.95. The fraction of sp³-hybridized carbons (Fsp3) is 0.286. The Kier molecular flexibility index (Phi) is 3.77. The number of benzene rings is 1. The summed E-state index contributed by atoms with van der Waals surface area (Å²) in [6.07, 6.45) is 3.60. The van der Waals surface area contributed by atoms with Crippen LogP contribution in [0.25, 0.3) is 0 Å². The third-order valence-corrected chi connectivity index (χ3v) is 2.64. The monoisotopic (exact) mass is 243 g/mol. The van der Waals surface area contributed by atoms with Gasteiger partial charge in [-0.05, 0) is 25.0 Å². The molecule has 0 saturated heterocycles. The van der Waals surface area contributed by atoms with Crippen molar-refractivity contribution < 1.29 is 4.79 Å². The number of nitrogens with zero attached hydrogens (tertiary/aromatic N) is 2. The van der Waals surface area contributed by atoms with Gasteiger partial charge >= 0.3 is 0 Å². The van der Waals surface area contributed by atoms with Crippen LogP contribution in [0.5, 0.6) is 0 Å². The van der Waals surface area contributed by atoms with E-state index < -0.39 is 0 Å². The molecule has 0 unspecified atom stereocenters. The average molecular weight is 243 g/mol. The molecule has 0 spiro atoms. The summed E-state index contributed by atoms with van der Waals surface area (Å²) < 4.78 is 1.64. The largest absolute Gasteiger partial charge is 0.350 e. The maximum absolute atomic E-state index is 11.7. The first kappa shape index (κ1) is 12.4. The number of amides is 1. The predicted molar refractivity (Wildman–Crippen MR) is 70.0 cm³/mol. The molecular weight excluding hydrogens is 226 g/mol. The Morgan fingerprint density at radius 1 is 1.33 bits per heavy atom. The quantitative estimate of drug-likeness (QED) is 0.890. The van der Waals surface area contributed by atoms with E-state index in [2.05, 4.69) is 16.5 Å². The summed E-state index contributed by atoms with van der Waals surface area (Å²) in [5.41, 5.74) is 3.37. The van der Waals surface area contributed by atoms with Gasteiger partial charge in [-0.3, -0.25) is 9.48 Å². The Morgan fingerprint density at radius 3 is 2.83 bits per heavy atom. The number of rotatable bonds is 4. The van der Waals surface area contributed by atoms with Crippen molar-refractivity contribution in [1.82, 2.24) is 15.1 Å². The van der Waals surface area contributed by atoms with Crippen LogP contribution in [0.2, 0.25) is 0 Å². The Morgan fingerprint density at radius 2 is 2.17 bits per heavy atom. The van der Waals surface area contributed by atoms with Gasteiger partial charge in [0.15, 0.2) is 0 Å². The average Bonchev–Trinajstić information content (AvgIpc) is 2.72. The molecule has 0 aliphatic carbocycles. The van der Waals surface area contributed by atoms with Crippen molar-refractivity contribution in [3.8, 4) is 0 Å². The zero-order valence-corrected chi connectivity index (χ0v) is 10.7. The molecule has 4 nitrogen and oxygen atoms in total. The summed E-state index contributed by atoms with van der Waals surface area (Å²) in [4.78, 5) is 11.7. The molecule has 0 aliphatic heterocycles. The van der Waals surface area contributed by atoms with Crippen LogP contribution in [0.15, 0.2) is 36.7 Å². The van der Waals surface area contributed by atoms with Gasteiger partial charge in [0.05, 0.1) is 6.20 Å². The molecule has 0 bridgehead atoms. The Labute approximate surface area is 107 Å². The van der Waals surface area contributed by atoms with Crippen LogP contribution >= 0.6 is 0 Å². The number of carbonyl (C=O) groups is 1. The highest BCUT2D eigenvalue weighted by molar-refractivity contribution is 5.75. The van der Waals surface area contributed by atoms with Gasteiger partial charge in [-0.25, -0.2) is 0 Å².